The molecule has 8 heteroatoms. The lowest BCUT2D eigenvalue weighted by Gasteiger charge is -2.07. The van der Waals surface area contributed by atoms with Crippen molar-refractivity contribution in [2.24, 2.45) is 0 Å². The number of nitrogens with zero attached hydrogens (tertiary/aromatic N) is 2. The van der Waals surface area contributed by atoms with E-state index in [0.29, 0.717) is 28.5 Å². The summed E-state index contributed by atoms with van der Waals surface area (Å²) < 4.78 is 34.7. The minimum atomic E-state index is -0.781. The van der Waals surface area contributed by atoms with Gasteiger partial charge >= 0.3 is 5.97 Å². The molecule has 0 aliphatic carbocycles. The van der Waals surface area contributed by atoms with Crippen LogP contribution in [0.5, 0.6) is 5.75 Å². The lowest BCUT2D eigenvalue weighted by molar-refractivity contribution is 0.0245. The average molecular weight is 408 g/mol. The predicted octanol–water partition coefficient (Wildman–Crippen LogP) is 5.06. The monoisotopic (exact) mass is 408 g/mol. The molecule has 152 valence electrons. The first-order chi connectivity index (χ1) is 14.5. The highest BCUT2D eigenvalue weighted by atomic mass is 19.1. The minimum Gasteiger partial charge on any atom is -0.497 e. The number of furan rings is 1. The summed E-state index contributed by atoms with van der Waals surface area (Å²) in [6, 6.07) is 16.0. The number of aromatic nitrogens is 2. The van der Waals surface area contributed by atoms with Gasteiger partial charge in [-0.25, -0.2) is 9.18 Å². The van der Waals surface area contributed by atoms with E-state index in [1.165, 1.54) is 18.2 Å². The van der Waals surface area contributed by atoms with Gasteiger partial charge in [0.25, 0.3) is 5.89 Å². The quantitative estimate of drug-likeness (QED) is 0.412. The fourth-order valence-corrected chi connectivity index (χ4v) is 2.74. The van der Waals surface area contributed by atoms with Crippen molar-refractivity contribution in [1.82, 2.24) is 10.2 Å². The number of esters is 1. The van der Waals surface area contributed by atoms with Crippen LogP contribution in [0.3, 0.4) is 0 Å². The van der Waals surface area contributed by atoms with E-state index in [2.05, 4.69) is 10.2 Å². The Hall–Kier alpha value is -3.94. The molecule has 0 amide bonds. The topological polar surface area (TPSA) is 87.6 Å². The summed E-state index contributed by atoms with van der Waals surface area (Å²) in [4.78, 5) is 12.4. The van der Waals surface area contributed by atoms with Crippen LogP contribution in [0, 0.1) is 5.82 Å². The molecule has 0 bridgehead atoms. The van der Waals surface area contributed by atoms with E-state index in [1.54, 1.807) is 56.5 Å². The molecular formula is C22H17FN2O5. The van der Waals surface area contributed by atoms with Crippen LogP contribution in [0.25, 0.3) is 22.8 Å². The molecule has 1 atom stereocenters. The van der Waals surface area contributed by atoms with E-state index < -0.39 is 12.1 Å². The van der Waals surface area contributed by atoms with Crippen molar-refractivity contribution in [3.05, 3.63) is 78.1 Å². The highest BCUT2D eigenvalue weighted by Gasteiger charge is 2.22. The Morgan fingerprint density at radius 3 is 2.33 bits per heavy atom. The third-order valence-electron chi connectivity index (χ3n) is 4.35. The first-order valence-electron chi connectivity index (χ1n) is 9.08. The van der Waals surface area contributed by atoms with E-state index in [4.69, 9.17) is 18.3 Å². The van der Waals surface area contributed by atoms with Crippen molar-refractivity contribution in [3.8, 4) is 28.5 Å². The van der Waals surface area contributed by atoms with Gasteiger partial charge in [0.2, 0.25) is 11.7 Å². The van der Waals surface area contributed by atoms with Gasteiger partial charge in [-0.1, -0.05) is 0 Å². The summed E-state index contributed by atoms with van der Waals surface area (Å²) in [6.07, 6.45) is -0.781. The number of carbonyl (C=O) groups is 1. The highest BCUT2D eigenvalue weighted by Crippen LogP contribution is 2.26. The number of benzene rings is 2. The standard InChI is InChI=1S/C22H17FN2O5/c1-13(20-24-25-21(30-20)15-5-9-17(27-2)10-6-15)28-22(26)19-12-11-18(29-19)14-3-7-16(23)8-4-14/h3-13H,1-2H3/t13-/m1/s1. The highest BCUT2D eigenvalue weighted by molar-refractivity contribution is 5.87. The molecule has 0 unspecified atom stereocenters. The van der Waals surface area contributed by atoms with Crippen LogP contribution >= 0.6 is 0 Å². The fraction of sp³-hybridized carbons (Fsp3) is 0.136. The van der Waals surface area contributed by atoms with Crippen molar-refractivity contribution >= 4 is 5.97 Å². The molecule has 0 fully saturated rings. The Morgan fingerprint density at radius 1 is 0.933 bits per heavy atom. The van der Waals surface area contributed by atoms with Crippen LogP contribution in [-0.2, 0) is 4.74 Å². The number of carbonyl (C=O) groups excluding carboxylic acids is 1. The zero-order valence-corrected chi connectivity index (χ0v) is 16.2. The second kappa shape index (κ2) is 8.20. The Kier molecular flexibility index (Phi) is 5.30. The number of hydrogen-bond donors (Lipinski definition) is 0. The third kappa shape index (κ3) is 4.07. The van der Waals surface area contributed by atoms with Crippen LogP contribution in [0.2, 0.25) is 0 Å². The Labute approximate surface area is 171 Å². The van der Waals surface area contributed by atoms with Crippen LogP contribution in [0.4, 0.5) is 4.39 Å². The van der Waals surface area contributed by atoms with Gasteiger partial charge in [-0.05, 0) is 67.6 Å². The largest absolute Gasteiger partial charge is 0.497 e. The normalized spacial score (nSPS) is 11.8. The van der Waals surface area contributed by atoms with Crippen molar-refractivity contribution in [2.45, 2.75) is 13.0 Å². The van der Waals surface area contributed by atoms with E-state index >= 15 is 0 Å². The van der Waals surface area contributed by atoms with E-state index in [1.807, 2.05) is 0 Å². The fourth-order valence-electron chi connectivity index (χ4n) is 2.74. The summed E-state index contributed by atoms with van der Waals surface area (Å²) in [5.41, 5.74) is 1.35. The number of ether oxygens (including phenoxy) is 2. The smallest absolute Gasteiger partial charge is 0.375 e. The minimum absolute atomic E-state index is 0.0102. The summed E-state index contributed by atoms with van der Waals surface area (Å²) >= 11 is 0. The SMILES string of the molecule is COc1ccc(-c2nnc([C@@H](C)OC(=O)c3ccc(-c4ccc(F)cc4)o3)o2)cc1. The molecule has 0 aliphatic rings. The van der Waals surface area contributed by atoms with Crippen molar-refractivity contribution in [3.63, 3.8) is 0 Å². The zero-order chi connectivity index (χ0) is 21.1. The van der Waals surface area contributed by atoms with Crippen molar-refractivity contribution in [2.75, 3.05) is 7.11 Å². The molecule has 0 radical (unpaired) electrons. The maximum Gasteiger partial charge on any atom is 0.375 e. The molecule has 4 aromatic rings. The second-order valence-electron chi connectivity index (χ2n) is 6.39. The van der Waals surface area contributed by atoms with Crippen LogP contribution in [0.1, 0.15) is 29.5 Å². The van der Waals surface area contributed by atoms with Gasteiger partial charge < -0.3 is 18.3 Å². The number of halogens is 1. The van der Waals surface area contributed by atoms with E-state index in [9.17, 15) is 9.18 Å². The first kappa shape index (κ1) is 19.4. The molecular weight excluding hydrogens is 391 g/mol. The zero-order valence-electron chi connectivity index (χ0n) is 16.2. The molecule has 0 aliphatic heterocycles. The Morgan fingerprint density at radius 2 is 1.63 bits per heavy atom. The van der Waals surface area contributed by atoms with Crippen LogP contribution in [0.15, 0.2) is 69.5 Å². The molecule has 0 spiro atoms. The Bertz CT molecular complexity index is 1150. The molecule has 0 saturated carbocycles. The molecule has 0 saturated heterocycles. The summed E-state index contributed by atoms with van der Waals surface area (Å²) in [5.74, 6) is 0.559. The van der Waals surface area contributed by atoms with Gasteiger partial charge in [0.05, 0.1) is 7.11 Å². The molecule has 2 aromatic heterocycles. The maximum atomic E-state index is 13.1. The molecule has 0 N–H and O–H groups in total. The van der Waals surface area contributed by atoms with Gasteiger partial charge in [0, 0.05) is 11.1 Å². The summed E-state index contributed by atoms with van der Waals surface area (Å²) in [5, 5.41) is 7.94. The van der Waals surface area contributed by atoms with Crippen molar-refractivity contribution < 1.29 is 27.5 Å². The van der Waals surface area contributed by atoms with Gasteiger partial charge in [-0.3, -0.25) is 0 Å². The Balaban J connectivity index is 1.44. The van der Waals surface area contributed by atoms with Crippen LogP contribution in [-0.4, -0.2) is 23.3 Å². The molecule has 4 rings (SSSR count). The predicted molar refractivity (Wildman–Crippen MR) is 104 cm³/mol. The summed E-state index contributed by atoms with van der Waals surface area (Å²) in [6.45, 7) is 1.62. The van der Waals surface area contributed by atoms with E-state index in [-0.39, 0.29) is 17.5 Å². The van der Waals surface area contributed by atoms with Gasteiger partial charge in [-0.15, -0.1) is 10.2 Å². The van der Waals surface area contributed by atoms with Crippen LogP contribution < -0.4 is 4.74 Å². The van der Waals surface area contributed by atoms with Gasteiger partial charge in [-0.2, -0.15) is 0 Å². The number of rotatable bonds is 6. The maximum absolute atomic E-state index is 13.1. The average Bonchev–Trinajstić information content (AvgIpc) is 3.45. The summed E-state index contributed by atoms with van der Waals surface area (Å²) in [7, 11) is 1.58. The molecule has 30 heavy (non-hydrogen) atoms. The number of methoxy groups -OCH3 is 1. The molecule has 2 heterocycles. The lowest BCUT2D eigenvalue weighted by Crippen LogP contribution is -2.08. The van der Waals surface area contributed by atoms with Gasteiger partial charge in [0.1, 0.15) is 17.3 Å². The lowest BCUT2D eigenvalue weighted by atomic mass is 10.2. The molecule has 2 aromatic carbocycles. The van der Waals surface area contributed by atoms with Crippen molar-refractivity contribution in [1.29, 1.82) is 0 Å². The van der Waals surface area contributed by atoms with Gasteiger partial charge in [0.15, 0.2) is 6.10 Å². The third-order valence-corrected chi connectivity index (χ3v) is 4.35. The van der Waals surface area contributed by atoms with E-state index in [0.717, 1.165) is 0 Å². The molecule has 7 nitrogen and oxygen atoms in total. The number of hydrogen-bond acceptors (Lipinski definition) is 7. The first-order valence-corrected chi connectivity index (χ1v) is 9.08. The second-order valence-corrected chi connectivity index (χ2v) is 6.39.